The molecular weight excluding hydrogens is 298 g/mol. The number of rotatable bonds is 4. The van der Waals surface area contributed by atoms with Crippen molar-refractivity contribution in [3.8, 4) is 10.4 Å². The second kappa shape index (κ2) is 6.56. The van der Waals surface area contributed by atoms with Gasteiger partial charge in [0, 0.05) is 26.0 Å². The van der Waals surface area contributed by atoms with Gasteiger partial charge in [-0.25, -0.2) is 4.98 Å². The third-order valence-electron chi connectivity index (χ3n) is 4.11. The van der Waals surface area contributed by atoms with Crippen LogP contribution in [0.25, 0.3) is 10.4 Å². The molecule has 1 aromatic carbocycles. The van der Waals surface area contributed by atoms with Crippen molar-refractivity contribution < 1.29 is 9.53 Å². The maximum Gasteiger partial charge on any atom is 0.233 e. The molecule has 2 aromatic rings. The predicted octanol–water partition coefficient (Wildman–Crippen LogP) is 2.50. The summed E-state index contributed by atoms with van der Waals surface area (Å²) in [6.07, 6.45) is 3.10. The highest BCUT2D eigenvalue weighted by Gasteiger charge is 2.39. The molecule has 3 N–H and O–H groups in total. The summed E-state index contributed by atoms with van der Waals surface area (Å²) < 4.78 is 5.34. The largest absolute Gasteiger partial charge is 0.381 e. The number of nitrogens with two attached hydrogens (primary N) is 1. The van der Waals surface area contributed by atoms with Crippen LogP contribution >= 0.6 is 11.3 Å². The monoisotopic (exact) mass is 317 g/mol. The van der Waals surface area contributed by atoms with Crippen molar-refractivity contribution >= 4 is 22.4 Å². The van der Waals surface area contributed by atoms with E-state index in [1.165, 1.54) is 11.3 Å². The molecular formula is C16H19N3O2S. The Kier molecular flexibility index (Phi) is 4.52. The number of nitrogens with zero attached hydrogens (tertiary/aromatic N) is 1. The van der Waals surface area contributed by atoms with Gasteiger partial charge in [0.05, 0.1) is 10.3 Å². The number of hydrogen-bond donors (Lipinski definition) is 2. The van der Waals surface area contributed by atoms with Gasteiger partial charge in [0.2, 0.25) is 5.91 Å². The molecule has 1 amide bonds. The van der Waals surface area contributed by atoms with E-state index >= 15 is 0 Å². The van der Waals surface area contributed by atoms with Crippen LogP contribution < -0.4 is 11.1 Å². The fourth-order valence-electron chi connectivity index (χ4n) is 2.58. The Morgan fingerprint density at radius 1 is 1.32 bits per heavy atom. The van der Waals surface area contributed by atoms with Gasteiger partial charge in [0.1, 0.15) is 0 Å². The molecule has 1 aromatic heterocycles. The number of hydrogen-bond acceptors (Lipinski definition) is 5. The van der Waals surface area contributed by atoms with Crippen molar-refractivity contribution in [2.45, 2.75) is 12.8 Å². The number of nitrogens with one attached hydrogen (secondary N) is 1. The minimum absolute atomic E-state index is 0.0488. The molecule has 1 aliphatic heterocycles. The molecule has 0 aliphatic carbocycles. The zero-order chi connectivity index (χ0) is 15.4. The summed E-state index contributed by atoms with van der Waals surface area (Å²) in [5.74, 6) is -0.0488. The Hall–Kier alpha value is -1.76. The molecule has 0 bridgehead atoms. The Morgan fingerprint density at radius 2 is 2.05 bits per heavy atom. The Morgan fingerprint density at radius 3 is 2.73 bits per heavy atom. The highest BCUT2D eigenvalue weighted by Crippen LogP contribution is 2.33. The molecule has 0 saturated carbocycles. The van der Waals surface area contributed by atoms with Crippen molar-refractivity contribution in [3.05, 3.63) is 36.5 Å². The molecule has 5 nitrogen and oxygen atoms in total. The summed E-state index contributed by atoms with van der Waals surface area (Å²) in [5.41, 5.74) is 6.42. The molecule has 22 heavy (non-hydrogen) atoms. The first-order valence-corrected chi connectivity index (χ1v) is 8.16. The van der Waals surface area contributed by atoms with E-state index < -0.39 is 5.41 Å². The molecule has 0 spiro atoms. The molecule has 3 rings (SSSR count). The first-order chi connectivity index (χ1) is 10.7. The van der Waals surface area contributed by atoms with Gasteiger partial charge in [-0.1, -0.05) is 41.7 Å². The van der Waals surface area contributed by atoms with Crippen molar-refractivity contribution in [1.29, 1.82) is 0 Å². The number of carbonyl (C=O) groups excluding carboxylic acids is 1. The highest BCUT2D eigenvalue weighted by molar-refractivity contribution is 7.19. The average molecular weight is 317 g/mol. The molecule has 0 radical (unpaired) electrons. The molecule has 2 heterocycles. The molecule has 116 valence electrons. The van der Waals surface area contributed by atoms with E-state index in [0.29, 0.717) is 37.7 Å². The van der Waals surface area contributed by atoms with E-state index in [-0.39, 0.29) is 5.91 Å². The highest BCUT2D eigenvalue weighted by atomic mass is 32.1. The van der Waals surface area contributed by atoms with E-state index in [9.17, 15) is 4.79 Å². The van der Waals surface area contributed by atoms with Crippen LogP contribution in [0, 0.1) is 5.41 Å². The standard InChI is InChI=1S/C16H19N3O2S/c17-11-16(6-8-21-9-7-16)14(20)19-15-18-10-13(22-15)12-4-2-1-3-5-12/h1-5,10H,6-9,11,17H2,(H,18,19,20). The van der Waals surface area contributed by atoms with E-state index in [4.69, 9.17) is 10.5 Å². The molecule has 1 aliphatic rings. The van der Waals surface area contributed by atoms with Gasteiger partial charge in [-0.2, -0.15) is 0 Å². The van der Waals surface area contributed by atoms with Gasteiger partial charge < -0.3 is 15.8 Å². The number of amides is 1. The topological polar surface area (TPSA) is 77.2 Å². The summed E-state index contributed by atoms with van der Waals surface area (Å²) in [6, 6.07) is 10.00. The average Bonchev–Trinajstić information content (AvgIpc) is 3.05. The summed E-state index contributed by atoms with van der Waals surface area (Å²) in [4.78, 5) is 17.9. The third kappa shape index (κ3) is 3.04. The van der Waals surface area contributed by atoms with Crippen LogP contribution in [-0.4, -0.2) is 30.6 Å². The summed E-state index contributed by atoms with van der Waals surface area (Å²) in [7, 11) is 0. The zero-order valence-corrected chi connectivity index (χ0v) is 13.1. The Labute approximate surface area is 133 Å². The lowest BCUT2D eigenvalue weighted by molar-refractivity contribution is -0.130. The first-order valence-electron chi connectivity index (χ1n) is 7.34. The van der Waals surface area contributed by atoms with Crippen LogP contribution in [-0.2, 0) is 9.53 Å². The smallest absolute Gasteiger partial charge is 0.233 e. The quantitative estimate of drug-likeness (QED) is 0.908. The number of benzene rings is 1. The van der Waals surface area contributed by atoms with Crippen molar-refractivity contribution in [3.63, 3.8) is 0 Å². The van der Waals surface area contributed by atoms with Crippen LogP contribution in [0.1, 0.15) is 12.8 Å². The summed E-state index contributed by atoms with van der Waals surface area (Å²) >= 11 is 1.47. The van der Waals surface area contributed by atoms with Gasteiger partial charge in [-0.05, 0) is 18.4 Å². The number of ether oxygens (including phenoxy) is 1. The van der Waals surface area contributed by atoms with E-state index in [0.717, 1.165) is 10.4 Å². The summed E-state index contributed by atoms with van der Waals surface area (Å²) in [6.45, 7) is 1.49. The number of carbonyl (C=O) groups is 1. The molecule has 1 saturated heterocycles. The zero-order valence-electron chi connectivity index (χ0n) is 12.2. The lowest BCUT2D eigenvalue weighted by Gasteiger charge is -2.34. The normalized spacial score (nSPS) is 17.1. The van der Waals surface area contributed by atoms with Crippen LogP contribution in [0.5, 0.6) is 0 Å². The number of aromatic nitrogens is 1. The minimum Gasteiger partial charge on any atom is -0.381 e. The lowest BCUT2D eigenvalue weighted by atomic mass is 9.79. The second-order valence-electron chi connectivity index (χ2n) is 5.45. The SMILES string of the molecule is NCC1(C(=O)Nc2ncc(-c3ccccc3)s2)CCOCC1. The molecule has 0 atom stereocenters. The minimum atomic E-state index is -0.531. The van der Waals surface area contributed by atoms with Gasteiger partial charge in [-0.15, -0.1) is 0 Å². The van der Waals surface area contributed by atoms with E-state index in [2.05, 4.69) is 10.3 Å². The second-order valence-corrected chi connectivity index (χ2v) is 6.48. The van der Waals surface area contributed by atoms with Crippen LogP contribution in [0.15, 0.2) is 36.5 Å². The van der Waals surface area contributed by atoms with Crippen molar-refractivity contribution in [2.75, 3.05) is 25.1 Å². The Bertz CT molecular complexity index is 636. The maximum atomic E-state index is 12.6. The fourth-order valence-corrected chi connectivity index (χ4v) is 3.40. The van der Waals surface area contributed by atoms with E-state index in [1.54, 1.807) is 6.20 Å². The van der Waals surface area contributed by atoms with Crippen molar-refractivity contribution in [1.82, 2.24) is 4.98 Å². The molecule has 0 unspecified atom stereocenters. The Balaban J connectivity index is 1.73. The van der Waals surface area contributed by atoms with Gasteiger partial charge >= 0.3 is 0 Å². The molecule has 6 heteroatoms. The van der Waals surface area contributed by atoms with Crippen LogP contribution in [0.2, 0.25) is 0 Å². The fraction of sp³-hybridized carbons (Fsp3) is 0.375. The van der Waals surface area contributed by atoms with Crippen LogP contribution in [0.4, 0.5) is 5.13 Å². The number of anilines is 1. The lowest BCUT2D eigenvalue weighted by Crippen LogP contribution is -2.46. The van der Waals surface area contributed by atoms with Crippen LogP contribution in [0.3, 0.4) is 0 Å². The summed E-state index contributed by atoms with van der Waals surface area (Å²) in [5, 5.41) is 3.54. The third-order valence-corrected chi connectivity index (χ3v) is 5.07. The van der Waals surface area contributed by atoms with Gasteiger partial charge in [0.15, 0.2) is 5.13 Å². The van der Waals surface area contributed by atoms with Crippen molar-refractivity contribution in [2.24, 2.45) is 11.1 Å². The first kappa shape index (κ1) is 15.1. The van der Waals surface area contributed by atoms with Gasteiger partial charge in [0.25, 0.3) is 0 Å². The number of thiazole rings is 1. The van der Waals surface area contributed by atoms with E-state index in [1.807, 2.05) is 30.3 Å². The molecule has 1 fully saturated rings. The maximum absolute atomic E-state index is 12.6. The van der Waals surface area contributed by atoms with Gasteiger partial charge in [-0.3, -0.25) is 4.79 Å². The predicted molar refractivity (Wildman–Crippen MR) is 87.7 cm³/mol.